The molecular weight excluding hydrogens is 377 g/mol. The van der Waals surface area contributed by atoms with Gasteiger partial charge >= 0.3 is 0 Å². The monoisotopic (exact) mass is 393 g/mol. The summed E-state index contributed by atoms with van der Waals surface area (Å²) in [4.78, 5) is 29.3. The fourth-order valence-electron chi connectivity index (χ4n) is 2.86. The highest BCUT2D eigenvalue weighted by Crippen LogP contribution is 2.16. The summed E-state index contributed by atoms with van der Waals surface area (Å²) in [6, 6.07) is 12.5. The zero-order chi connectivity index (χ0) is 20.4. The van der Waals surface area contributed by atoms with Crippen LogP contribution in [-0.2, 0) is 11.3 Å². The second kappa shape index (κ2) is 7.55. The quantitative estimate of drug-likeness (QED) is 0.562. The van der Waals surface area contributed by atoms with Crippen molar-refractivity contribution in [1.82, 2.24) is 19.3 Å². The van der Waals surface area contributed by atoms with Gasteiger partial charge < -0.3 is 10.1 Å². The third kappa shape index (κ3) is 3.70. The van der Waals surface area contributed by atoms with E-state index in [1.807, 2.05) is 0 Å². The van der Waals surface area contributed by atoms with Crippen molar-refractivity contribution in [2.24, 2.45) is 0 Å². The van der Waals surface area contributed by atoms with Crippen LogP contribution in [0.4, 0.5) is 10.1 Å². The van der Waals surface area contributed by atoms with Gasteiger partial charge in [0.2, 0.25) is 5.91 Å². The molecule has 4 aromatic rings. The Labute approximate surface area is 164 Å². The average Bonchev–Trinajstić information content (AvgIpc) is 3.16. The summed E-state index contributed by atoms with van der Waals surface area (Å²) in [7, 11) is 1.56. The van der Waals surface area contributed by atoms with Gasteiger partial charge in [0, 0.05) is 5.69 Å². The number of hydrogen-bond acceptors (Lipinski definition) is 5. The molecule has 29 heavy (non-hydrogen) atoms. The van der Waals surface area contributed by atoms with Crippen molar-refractivity contribution in [3.63, 3.8) is 0 Å². The molecule has 0 atom stereocenters. The molecule has 2 aromatic carbocycles. The highest BCUT2D eigenvalue weighted by Gasteiger charge is 2.13. The molecule has 0 spiro atoms. The number of benzene rings is 2. The summed E-state index contributed by atoms with van der Waals surface area (Å²) < 4.78 is 20.9. The van der Waals surface area contributed by atoms with Crippen LogP contribution in [0, 0.1) is 5.82 Å². The molecule has 0 aliphatic heterocycles. The molecule has 0 aliphatic rings. The molecule has 146 valence electrons. The molecule has 0 aliphatic carbocycles. The number of nitrogens with zero attached hydrogens (tertiary/aromatic N) is 4. The molecule has 8 nitrogen and oxygen atoms in total. The van der Waals surface area contributed by atoms with Gasteiger partial charge in [0.05, 0.1) is 19.0 Å². The van der Waals surface area contributed by atoms with Crippen molar-refractivity contribution in [2.75, 3.05) is 12.4 Å². The standard InChI is InChI=1S/C20H16FN5O3/c1-29-16-8-4-14(5-9-16)24-18(27)11-25-12-22-19-17(20(25)28)10-23-26(19)15-6-2-13(21)3-7-15/h2-10,12H,11H2,1H3,(H,24,27). The van der Waals surface area contributed by atoms with Crippen LogP contribution >= 0.6 is 0 Å². The molecule has 1 N–H and O–H groups in total. The molecule has 2 heterocycles. The summed E-state index contributed by atoms with van der Waals surface area (Å²) in [5.41, 5.74) is 1.09. The van der Waals surface area contributed by atoms with Gasteiger partial charge in [0.25, 0.3) is 5.56 Å². The lowest BCUT2D eigenvalue weighted by atomic mass is 10.3. The van der Waals surface area contributed by atoms with Gasteiger partial charge in [0.1, 0.15) is 29.8 Å². The summed E-state index contributed by atoms with van der Waals surface area (Å²) in [6.45, 7) is -0.199. The summed E-state index contributed by atoms with van der Waals surface area (Å²) in [6.07, 6.45) is 2.67. The number of aromatic nitrogens is 4. The second-order valence-corrected chi connectivity index (χ2v) is 6.22. The van der Waals surface area contributed by atoms with Crippen molar-refractivity contribution < 1.29 is 13.9 Å². The van der Waals surface area contributed by atoms with E-state index in [0.29, 0.717) is 22.8 Å². The van der Waals surface area contributed by atoms with E-state index in [-0.39, 0.29) is 23.7 Å². The maximum Gasteiger partial charge on any atom is 0.264 e. The van der Waals surface area contributed by atoms with Gasteiger partial charge in [-0.05, 0) is 48.5 Å². The Morgan fingerprint density at radius 1 is 1.14 bits per heavy atom. The molecule has 0 unspecified atom stereocenters. The zero-order valence-electron chi connectivity index (χ0n) is 15.4. The average molecular weight is 393 g/mol. The van der Waals surface area contributed by atoms with E-state index in [9.17, 15) is 14.0 Å². The SMILES string of the molecule is COc1ccc(NC(=O)Cn2cnc3c(cnn3-c3ccc(F)cc3)c2=O)cc1. The van der Waals surface area contributed by atoms with Crippen LogP contribution in [0.1, 0.15) is 0 Å². The van der Waals surface area contributed by atoms with Gasteiger partial charge in [0.15, 0.2) is 5.65 Å². The Kier molecular flexibility index (Phi) is 4.78. The third-order valence-electron chi connectivity index (χ3n) is 4.31. The summed E-state index contributed by atoms with van der Waals surface area (Å²) in [5.74, 6) is -0.0696. The third-order valence-corrected chi connectivity index (χ3v) is 4.31. The minimum Gasteiger partial charge on any atom is -0.497 e. The summed E-state index contributed by atoms with van der Waals surface area (Å²) >= 11 is 0. The number of halogens is 1. The number of fused-ring (bicyclic) bond motifs is 1. The Morgan fingerprint density at radius 3 is 2.55 bits per heavy atom. The molecule has 9 heteroatoms. The Hall–Kier alpha value is -4.01. The zero-order valence-corrected chi connectivity index (χ0v) is 15.4. The number of carbonyl (C=O) groups is 1. The molecule has 0 radical (unpaired) electrons. The largest absolute Gasteiger partial charge is 0.497 e. The molecular formula is C20H16FN5O3. The molecule has 0 fully saturated rings. The predicted octanol–water partition coefficient (Wildman–Crippen LogP) is 2.37. The molecule has 4 rings (SSSR count). The first-order chi connectivity index (χ1) is 14.0. The highest BCUT2D eigenvalue weighted by atomic mass is 19.1. The lowest BCUT2D eigenvalue weighted by Gasteiger charge is -2.08. The Bertz CT molecular complexity index is 1230. The maximum absolute atomic E-state index is 13.1. The number of ether oxygens (including phenoxy) is 1. The number of anilines is 1. The van der Waals surface area contributed by atoms with E-state index in [4.69, 9.17) is 4.74 Å². The van der Waals surface area contributed by atoms with Crippen LogP contribution in [0.3, 0.4) is 0 Å². The molecule has 0 saturated carbocycles. The number of amides is 1. The first-order valence-corrected chi connectivity index (χ1v) is 8.68. The van der Waals surface area contributed by atoms with Crippen LogP contribution in [0.15, 0.2) is 65.8 Å². The van der Waals surface area contributed by atoms with E-state index in [1.54, 1.807) is 31.4 Å². The van der Waals surface area contributed by atoms with Gasteiger partial charge in [-0.15, -0.1) is 0 Å². The van der Waals surface area contributed by atoms with E-state index in [2.05, 4.69) is 15.4 Å². The summed E-state index contributed by atoms with van der Waals surface area (Å²) in [5, 5.41) is 7.14. The van der Waals surface area contributed by atoms with E-state index < -0.39 is 5.56 Å². The van der Waals surface area contributed by atoms with Crippen molar-refractivity contribution in [3.05, 3.63) is 77.2 Å². The molecule has 0 saturated heterocycles. The molecule has 1 amide bonds. The Morgan fingerprint density at radius 2 is 1.86 bits per heavy atom. The fourth-order valence-corrected chi connectivity index (χ4v) is 2.86. The van der Waals surface area contributed by atoms with Gasteiger partial charge in [-0.25, -0.2) is 14.1 Å². The van der Waals surface area contributed by atoms with Crippen LogP contribution in [0.25, 0.3) is 16.7 Å². The van der Waals surface area contributed by atoms with Crippen LogP contribution in [-0.4, -0.2) is 32.3 Å². The van der Waals surface area contributed by atoms with E-state index in [0.717, 1.165) is 0 Å². The second-order valence-electron chi connectivity index (χ2n) is 6.22. The fraction of sp³-hybridized carbons (Fsp3) is 0.100. The topological polar surface area (TPSA) is 91.0 Å². The van der Waals surface area contributed by atoms with Gasteiger partial charge in [-0.3, -0.25) is 14.2 Å². The van der Waals surface area contributed by atoms with E-state index >= 15 is 0 Å². The van der Waals surface area contributed by atoms with Gasteiger partial charge in [-0.1, -0.05) is 0 Å². The number of carbonyl (C=O) groups excluding carboxylic acids is 1. The number of methoxy groups -OCH3 is 1. The first-order valence-electron chi connectivity index (χ1n) is 8.68. The molecule has 2 aromatic heterocycles. The van der Waals surface area contributed by atoms with E-state index in [1.165, 1.54) is 46.0 Å². The van der Waals surface area contributed by atoms with Crippen LogP contribution < -0.4 is 15.6 Å². The van der Waals surface area contributed by atoms with Crippen LogP contribution in [0.2, 0.25) is 0 Å². The first kappa shape index (κ1) is 18.4. The van der Waals surface area contributed by atoms with Crippen molar-refractivity contribution >= 4 is 22.6 Å². The van der Waals surface area contributed by atoms with Crippen molar-refractivity contribution in [3.8, 4) is 11.4 Å². The van der Waals surface area contributed by atoms with Crippen molar-refractivity contribution in [1.29, 1.82) is 0 Å². The normalized spacial score (nSPS) is 10.8. The lowest BCUT2D eigenvalue weighted by molar-refractivity contribution is -0.116. The smallest absolute Gasteiger partial charge is 0.264 e. The lowest BCUT2D eigenvalue weighted by Crippen LogP contribution is -2.27. The minimum absolute atomic E-state index is 0.199. The number of nitrogens with one attached hydrogen (secondary N) is 1. The Balaban J connectivity index is 1.56. The van der Waals surface area contributed by atoms with Crippen molar-refractivity contribution in [2.45, 2.75) is 6.54 Å². The van der Waals surface area contributed by atoms with Crippen LogP contribution in [0.5, 0.6) is 5.75 Å². The minimum atomic E-state index is -0.395. The number of rotatable bonds is 5. The maximum atomic E-state index is 13.1. The number of hydrogen-bond donors (Lipinski definition) is 1. The predicted molar refractivity (Wildman–Crippen MR) is 105 cm³/mol. The molecule has 0 bridgehead atoms. The highest BCUT2D eigenvalue weighted by molar-refractivity contribution is 5.90. The van der Waals surface area contributed by atoms with Gasteiger partial charge in [-0.2, -0.15) is 5.10 Å².